The molecule has 3 heterocycles. The van der Waals surface area contributed by atoms with Crippen LogP contribution in [0.5, 0.6) is 0 Å². The fourth-order valence-corrected chi connectivity index (χ4v) is 5.21. The number of ether oxygens (including phenoxy) is 1. The van der Waals surface area contributed by atoms with E-state index in [1.165, 1.54) is 11.8 Å². The number of nitrogens with zero attached hydrogens (tertiary/aromatic N) is 5. The predicted molar refractivity (Wildman–Crippen MR) is 130 cm³/mol. The van der Waals surface area contributed by atoms with Gasteiger partial charge in [-0.1, -0.05) is 48.2 Å². The molecule has 0 unspecified atom stereocenters. The minimum atomic E-state index is -0.445. The summed E-state index contributed by atoms with van der Waals surface area (Å²) in [6.07, 6.45) is 0.559. The number of para-hydroxylation sites is 1. The Morgan fingerprint density at radius 2 is 1.97 bits per heavy atom. The molecule has 0 saturated heterocycles. The molecule has 33 heavy (non-hydrogen) atoms. The molecule has 172 valence electrons. The molecule has 1 amide bonds. The standard InChI is InChI=1S/C22H24N6O3S2/c1-5-15(19(29)25-21-23-12(4)17(33-21)20(30)31-7-3)32-22-24-18-16(26-27-22)13-10-8-9-11-14(13)28(18)6-2/h8-11,15H,5-7H2,1-4H3,(H,23,25,29)/t15-/m0/s1. The highest BCUT2D eigenvalue weighted by Gasteiger charge is 2.24. The quantitative estimate of drug-likeness (QED) is 0.288. The molecular formula is C22H24N6O3S2. The molecule has 0 saturated carbocycles. The minimum Gasteiger partial charge on any atom is -0.462 e. The Labute approximate surface area is 199 Å². The van der Waals surface area contributed by atoms with Gasteiger partial charge in [-0.2, -0.15) is 0 Å². The molecule has 4 aromatic rings. The Bertz CT molecular complexity index is 1330. The van der Waals surface area contributed by atoms with Crippen LogP contribution in [0.4, 0.5) is 5.13 Å². The van der Waals surface area contributed by atoms with Crippen molar-refractivity contribution in [2.75, 3.05) is 11.9 Å². The molecule has 1 atom stereocenters. The van der Waals surface area contributed by atoms with Gasteiger partial charge in [0, 0.05) is 11.9 Å². The molecule has 0 bridgehead atoms. The fourth-order valence-electron chi connectivity index (χ4n) is 3.53. The van der Waals surface area contributed by atoms with Crippen LogP contribution in [-0.2, 0) is 16.1 Å². The number of fused-ring (bicyclic) bond motifs is 3. The number of nitrogens with one attached hydrogen (secondary N) is 1. The molecule has 9 nitrogen and oxygen atoms in total. The summed E-state index contributed by atoms with van der Waals surface area (Å²) in [6.45, 7) is 8.46. The summed E-state index contributed by atoms with van der Waals surface area (Å²) in [7, 11) is 0. The molecule has 0 aliphatic carbocycles. The monoisotopic (exact) mass is 484 g/mol. The van der Waals surface area contributed by atoms with Crippen molar-refractivity contribution in [1.82, 2.24) is 24.7 Å². The summed E-state index contributed by atoms with van der Waals surface area (Å²) < 4.78 is 7.14. The van der Waals surface area contributed by atoms with Crippen molar-refractivity contribution < 1.29 is 14.3 Å². The zero-order valence-corrected chi connectivity index (χ0v) is 20.4. The average molecular weight is 485 g/mol. The average Bonchev–Trinajstić information content (AvgIpc) is 3.34. The van der Waals surface area contributed by atoms with E-state index < -0.39 is 11.2 Å². The number of aryl methyl sites for hydroxylation is 2. The molecular weight excluding hydrogens is 460 g/mol. The topological polar surface area (TPSA) is 112 Å². The molecule has 11 heteroatoms. The molecule has 0 aliphatic rings. The van der Waals surface area contributed by atoms with Crippen LogP contribution in [0.3, 0.4) is 0 Å². The highest BCUT2D eigenvalue weighted by atomic mass is 32.2. The normalized spacial score (nSPS) is 12.2. The van der Waals surface area contributed by atoms with E-state index in [4.69, 9.17) is 9.72 Å². The summed E-state index contributed by atoms with van der Waals surface area (Å²) in [4.78, 5) is 34.4. The van der Waals surface area contributed by atoms with Gasteiger partial charge < -0.3 is 14.6 Å². The Morgan fingerprint density at radius 1 is 1.18 bits per heavy atom. The summed E-state index contributed by atoms with van der Waals surface area (Å²) in [5, 5.41) is 12.9. The zero-order chi connectivity index (χ0) is 23.5. The molecule has 4 rings (SSSR count). The maximum absolute atomic E-state index is 12.9. The van der Waals surface area contributed by atoms with Crippen molar-refractivity contribution >= 4 is 62.2 Å². The van der Waals surface area contributed by atoms with E-state index in [0.717, 1.165) is 39.9 Å². The van der Waals surface area contributed by atoms with Crippen molar-refractivity contribution in [3.8, 4) is 0 Å². The summed E-state index contributed by atoms with van der Waals surface area (Å²) >= 11 is 2.37. The van der Waals surface area contributed by atoms with Crippen molar-refractivity contribution in [3.63, 3.8) is 0 Å². The molecule has 1 aromatic carbocycles. The molecule has 0 aliphatic heterocycles. The smallest absolute Gasteiger partial charge is 0.350 e. The molecule has 0 radical (unpaired) electrons. The molecule has 3 aromatic heterocycles. The molecule has 0 fully saturated rings. The number of carbonyl (C=O) groups excluding carboxylic acids is 2. The first kappa shape index (κ1) is 23.1. The van der Waals surface area contributed by atoms with Gasteiger partial charge in [0.1, 0.15) is 10.4 Å². The van der Waals surface area contributed by atoms with E-state index in [1.807, 2.05) is 31.2 Å². The number of hydrogen-bond acceptors (Lipinski definition) is 9. The summed E-state index contributed by atoms with van der Waals surface area (Å²) in [6, 6.07) is 8.01. The maximum Gasteiger partial charge on any atom is 0.350 e. The number of thioether (sulfide) groups is 1. The summed E-state index contributed by atoms with van der Waals surface area (Å²) in [5.74, 6) is -0.667. The van der Waals surface area contributed by atoms with Gasteiger partial charge >= 0.3 is 5.97 Å². The van der Waals surface area contributed by atoms with Gasteiger partial charge in [-0.15, -0.1) is 10.2 Å². The predicted octanol–water partition coefficient (Wildman–Crippen LogP) is 4.45. The van der Waals surface area contributed by atoms with Crippen LogP contribution in [0.2, 0.25) is 0 Å². The van der Waals surface area contributed by atoms with Gasteiger partial charge in [-0.05, 0) is 33.3 Å². The first-order chi connectivity index (χ1) is 16.0. The van der Waals surface area contributed by atoms with Crippen molar-refractivity contribution in [2.24, 2.45) is 0 Å². The van der Waals surface area contributed by atoms with Crippen LogP contribution in [-0.4, -0.2) is 48.5 Å². The van der Waals surface area contributed by atoms with Gasteiger partial charge in [0.2, 0.25) is 11.1 Å². The van der Waals surface area contributed by atoms with E-state index in [9.17, 15) is 9.59 Å². The lowest BCUT2D eigenvalue weighted by Crippen LogP contribution is -2.24. The second kappa shape index (κ2) is 9.84. The second-order valence-electron chi connectivity index (χ2n) is 7.19. The number of amides is 1. The van der Waals surface area contributed by atoms with Gasteiger partial charge in [-0.25, -0.2) is 14.8 Å². The highest BCUT2D eigenvalue weighted by Crippen LogP contribution is 2.30. The first-order valence-corrected chi connectivity index (χ1v) is 12.4. The van der Waals surface area contributed by atoms with E-state index >= 15 is 0 Å². The number of rotatable bonds is 8. The van der Waals surface area contributed by atoms with Gasteiger partial charge in [0.25, 0.3) is 0 Å². The number of anilines is 1. The lowest BCUT2D eigenvalue weighted by atomic mass is 10.2. The lowest BCUT2D eigenvalue weighted by molar-refractivity contribution is -0.115. The van der Waals surface area contributed by atoms with E-state index in [0.29, 0.717) is 27.3 Å². The number of carbonyl (C=O) groups is 2. The Hall–Kier alpha value is -3.05. The van der Waals surface area contributed by atoms with Crippen molar-refractivity contribution in [3.05, 3.63) is 34.8 Å². The van der Waals surface area contributed by atoms with Gasteiger partial charge in [-0.3, -0.25) is 4.79 Å². The largest absolute Gasteiger partial charge is 0.462 e. The van der Waals surface area contributed by atoms with Crippen LogP contribution >= 0.6 is 23.1 Å². The second-order valence-corrected chi connectivity index (χ2v) is 9.35. The van der Waals surface area contributed by atoms with Crippen LogP contribution in [0, 0.1) is 6.92 Å². The number of hydrogen-bond donors (Lipinski definition) is 1. The lowest BCUT2D eigenvalue weighted by Gasteiger charge is -2.12. The Balaban J connectivity index is 1.55. The third-order valence-electron chi connectivity index (χ3n) is 5.07. The van der Waals surface area contributed by atoms with Gasteiger partial charge in [0.05, 0.1) is 23.1 Å². The molecule has 0 spiro atoms. The van der Waals surface area contributed by atoms with E-state index in [-0.39, 0.29) is 12.5 Å². The number of thiazole rings is 1. The third-order valence-corrected chi connectivity index (χ3v) is 7.34. The van der Waals surface area contributed by atoms with Crippen LogP contribution < -0.4 is 5.32 Å². The number of esters is 1. The van der Waals surface area contributed by atoms with Crippen LogP contribution in [0.1, 0.15) is 42.6 Å². The Morgan fingerprint density at radius 3 is 2.70 bits per heavy atom. The van der Waals surface area contributed by atoms with Crippen LogP contribution in [0.25, 0.3) is 22.1 Å². The number of benzene rings is 1. The zero-order valence-electron chi connectivity index (χ0n) is 18.8. The molecule has 1 N–H and O–H groups in total. The van der Waals surface area contributed by atoms with Gasteiger partial charge in [0.15, 0.2) is 10.8 Å². The van der Waals surface area contributed by atoms with Crippen molar-refractivity contribution in [1.29, 1.82) is 0 Å². The third kappa shape index (κ3) is 4.55. The minimum absolute atomic E-state index is 0.230. The highest BCUT2D eigenvalue weighted by molar-refractivity contribution is 8.00. The number of aromatic nitrogens is 5. The SMILES string of the molecule is CCOC(=O)c1sc(NC(=O)[C@H](CC)Sc2nnc3c4ccccc4n(CC)c3n2)nc1C. The first-order valence-electron chi connectivity index (χ1n) is 10.7. The van der Waals surface area contributed by atoms with E-state index in [2.05, 4.69) is 32.0 Å². The van der Waals surface area contributed by atoms with Crippen molar-refractivity contribution in [2.45, 2.75) is 51.1 Å². The van der Waals surface area contributed by atoms with E-state index in [1.54, 1.807) is 13.8 Å². The Kier molecular flexibility index (Phi) is 6.89. The fraction of sp³-hybridized carbons (Fsp3) is 0.364. The van der Waals surface area contributed by atoms with Crippen LogP contribution in [0.15, 0.2) is 29.4 Å². The summed E-state index contributed by atoms with van der Waals surface area (Å²) in [5.41, 5.74) is 3.08. The maximum atomic E-state index is 12.9.